The highest BCUT2D eigenvalue weighted by molar-refractivity contribution is 6.33. The molecule has 0 radical (unpaired) electrons. The fourth-order valence-corrected chi connectivity index (χ4v) is 2.87. The van der Waals surface area contributed by atoms with Gasteiger partial charge < -0.3 is 10.6 Å². The van der Waals surface area contributed by atoms with Crippen LogP contribution in [0.4, 0.5) is 5.69 Å². The second-order valence-electron chi connectivity index (χ2n) is 5.30. The fraction of sp³-hybridized carbons (Fsp3) is 0.571. The molecule has 1 fully saturated rings. The Balaban J connectivity index is 2.34. The first-order valence-electron chi connectivity index (χ1n) is 6.91. The Kier molecular flexibility index (Phi) is 4.83. The van der Waals surface area contributed by atoms with Crippen LogP contribution in [0.1, 0.15) is 19.8 Å². The Bertz CT molecular complexity index is 542. The highest BCUT2D eigenvalue weighted by Crippen LogP contribution is 2.30. The average Bonchev–Trinajstić information content (AvgIpc) is 2.45. The summed E-state index contributed by atoms with van der Waals surface area (Å²) in [7, 11) is 0. The molecule has 1 aromatic rings. The third-order valence-electron chi connectivity index (χ3n) is 3.89. The molecule has 0 spiro atoms. The van der Waals surface area contributed by atoms with Gasteiger partial charge in [0.1, 0.15) is 5.02 Å². The monoisotopic (exact) mass is 296 g/mol. The predicted molar refractivity (Wildman–Crippen MR) is 82.3 cm³/mol. The molecule has 1 aliphatic heterocycles. The van der Waals surface area contributed by atoms with Crippen molar-refractivity contribution in [2.24, 2.45) is 11.7 Å². The molecular formula is C14H21ClN4O. The van der Waals surface area contributed by atoms with Gasteiger partial charge in [0, 0.05) is 12.6 Å². The molecule has 110 valence electrons. The van der Waals surface area contributed by atoms with Crippen molar-refractivity contribution in [1.82, 2.24) is 9.78 Å². The van der Waals surface area contributed by atoms with E-state index in [9.17, 15) is 4.79 Å². The maximum atomic E-state index is 12.1. The quantitative estimate of drug-likeness (QED) is 0.858. The minimum Gasteiger partial charge on any atom is -0.366 e. The normalized spacial score (nSPS) is 22.9. The summed E-state index contributed by atoms with van der Waals surface area (Å²) in [4.78, 5) is 14.3. The SMILES string of the molecule is C=CCn1ncc(N2CC(CN)CCC2C)c(Cl)c1=O. The van der Waals surface area contributed by atoms with Crippen LogP contribution in [0.15, 0.2) is 23.6 Å². The van der Waals surface area contributed by atoms with E-state index in [0.29, 0.717) is 30.7 Å². The Hall–Kier alpha value is -1.33. The molecule has 1 aliphatic rings. The zero-order valence-corrected chi connectivity index (χ0v) is 12.5. The molecule has 20 heavy (non-hydrogen) atoms. The largest absolute Gasteiger partial charge is 0.366 e. The lowest BCUT2D eigenvalue weighted by Crippen LogP contribution is -2.45. The number of anilines is 1. The van der Waals surface area contributed by atoms with E-state index in [1.165, 1.54) is 4.68 Å². The highest BCUT2D eigenvalue weighted by Gasteiger charge is 2.27. The Labute approximate surface area is 124 Å². The second kappa shape index (κ2) is 6.41. The molecule has 2 rings (SSSR count). The number of aromatic nitrogens is 2. The van der Waals surface area contributed by atoms with Crippen LogP contribution in [0.5, 0.6) is 0 Å². The van der Waals surface area contributed by atoms with Gasteiger partial charge in [-0.2, -0.15) is 5.10 Å². The highest BCUT2D eigenvalue weighted by atomic mass is 35.5. The molecule has 2 unspecified atom stereocenters. The summed E-state index contributed by atoms with van der Waals surface area (Å²) in [6, 6.07) is 0.340. The van der Waals surface area contributed by atoms with Gasteiger partial charge in [0.25, 0.3) is 5.56 Å². The van der Waals surface area contributed by atoms with Crippen molar-refractivity contribution in [3.05, 3.63) is 34.2 Å². The van der Waals surface area contributed by atoms with Crippen LogP contribution >= 0.6 is 11.6 Å². The topological polar surface area (TPSA) is 64.2 Å². The molecule has 0 aromatic carbocycles. The molecule has 0 saturated carbocycles. The maximum absolute atomic E-state index is 12.1. The third-order valence-corrected chi connectivity index (χ3v) is 4.25. The summed E-state index contributed by atoms with van der Waals surface area (Å²) < 4.78 is 1.31. The second-order valence-corrected chi connectivity index (χ2v) is 5.68. The molecular weight excluding hydrogens is 276 g/mol. The summed E-state index contributed by atoms with van der Waals surface area (Å²) >= 11 is 6.24. The van der Waals surface area contributed by atoms with E-state index in [1.807, 2.05) is 0 Å². The molecule has 5 nitrogen and oxygen atoms in total. The van der Waals surface area contributed by atoms with Crippen LogP contribution in [-0.2, 0) is 6.54 Å². The molecule has 6 heteroatoms. The summed E-state index contributed by atoms with van der Waals surface area (Å²) in [5.41, 5.74) is 6.21. The van der Waals surface area contributed by atoms with E-state index in [4.69, 9.17) is 17.3 Å². The summed E-state index contributed by atoms with van der Waals surface area (Å²) in [5.74, 6) is 0.442. The average molecular weight is 297 g/mol. The molecule has 0 bridgehead atoms. The molecule has 0 aliphatic carbocycles. The van der Waals surface area contributed by atoms with Gasteiger partial charge in [-0.15, -0.1) is 6.58 Å². The number of hydrogen-bond acceptors (Lipinski definition) is 4. The van der Waals surface area contributed by atoms with Gasteiger partial charge in [-0.3, -0.25) is 4.79 Å². The number of nitrogens with zero attached hydrogens (tertiary/aromatic N) is 3. The van der Waals surface area contributed by atoms with Crippen LogP contribution in [-0.4, -0.2) is 28.9 Å². The summed E-state index contributed by atoms with van der Waals surface area (Å²) in [6.45, 7) is 7.58. The number of hydrogen-bond donors (Lipinski definition) is 1. The zero-order chi connectivity index (χ0) is 14.7. The van der Waals surface area contributed by atoms with Crippen molar-refractivity contribution < 1.29 is 0 Å². The molecule has 2 N–H and O–H groups in total. The number of piperidine rings is 1. The molecule has 2 heterocycles. The predicted octanol–water partition coefficient (Wildman–Crippen LogP) is 1.65. The van der Waals surface area contributed by atoms with Crippen LogP contribution in [0.2, 0.25) is 5.02 Å². The zero-order valence-electron chi connectivity index (χ0n) is 11.8. The third kappa shape index (κ3) is 2.88. The van der Waals surface area contributed by atoms with E-state index < -0.39 is 0 Å². The molecule has 1 aromatic heterocycles. The van der Waals surface area contributed by atoms with Gasteiger partial charge >= 0.3 is 0 Å². The maximum Gasteiger partial charge on any atom is 0.287 e. The van der Waals surface area contributed by atoms with Crippen molar-refractivity contribution in [2.75, 3.05) is 18.0 Å². The number of allylic oxidation sites excluding steroid dienone is 1. The first-order valence-corrected chi connectivity index (χ1v) is 7.29. The van der Waals surface area contributed by atoms with E-state index in [-0.39, 0.29) is 10.6 Å². The van der Waals surface area contributed by atoms with Crippen LogP contribution in [0, 0.1) is 5.92 Å². The molecule has 1 saturated heterocycles. The minimum atomic E-state index is -0.272. The number of halogens is 1. The fourth-order valence-electron chi connectivity index (χ4n) is 2.62. The number of nitrogens with two attached hydrogens (primary N) is 1. The van der Waals surface area contributed by atoms with Crippen molar-refractivity contribution in [3.8, 4) is 0 Å². The van der Waals surface area contributed by atoms with Crippen LogP contribution in [0.3, 0.4) is 0 Å². The Morgan fingerprint density at radius 3 is 3.00 bits per heavy atom. The van der Waals surface area contributed by atoms with Crippen molar-refractivity contribution >= 4 is 17.3 Å². The van der Waals surface area contributed by atoms with E-state index in [2.05, 4.69) is 23.5 Å². The molecule has 0 amide bonds. The first kappa shape index (κ1) is 15.1. The van der Waals surface area contributed by atoms with Gasteiger partial charge in [-0.05, 0) is 32.2 Å². The van der Waals surface area contributed by atoms with Gasteiger partial charge in [0.05, 0.1) is 18.4 Å². The smallest absolute Gasteiger partial charge is 0.287 e. The van der Waals surface area contributed by atoms with Gasteiger partial charge in [-0.25, -0.2) is 4.68 Å². The van der Waals surface area contributed by atoms with Gasteiger partial charge in [0.15, 0.2) is 0 Å². The van der Waals surface area contributed by atoms with E-state index in [0.717, 1.165) is 19.4 Å². The van der Waals surface area contributed by atoms with Crippen LogP contribution < -0.4 is 16.2 Å². The van der Waals surface area contributed by atoms with Gasteiger partial charge in [-0.1, -0.05) is 17.7 Å². The summed E-state index contributed by atoms with van der Waals surface area (Å²) in [5, 5.41) is 4.39. The van der Waals surface area contributed by atoms with E-state index >= 15 is 0 Å². The standard InChI is InChI=1S/C14H21ClN4O/c1-3-6-19-14(20)13(15)12(8-17-19)18-9-11(7-16)5-4-10(18)2/h3,8,10-11H,1,4-7,9,16H2,2H3. The summed E-state index contributed by atoms with van der Waals surface area (Å²) in [6.07, 6.45) is 5.46. The lowest BCUT2D eigenvalue weighted by atomic mass is 9.93. The van der Waals surface area contributed by atoms with Crippen LogP contribution in [0.25, 0.3) is 0 Å². The first-order chi connectivity index (χ1) is 9.58. The van der Waals surface area contributed by atoms with Crippen molar-refractivity contribution in [3.63, 3.8) is 0 Å². The van der Waals surface area contributed by atoms with Gasteiger partial charge in [0.2, 0.25) is 0 Å². The lowest BCUT2D eigenvalue weighted by molar-refractivity contribution is 0.373. The minimum absolute atomic E-state index is 0.228. The number of rotatable bonds is 4. The Morgan fingerprint density at radius 1 is 1.60 bits per heavy atom. The molecule has 2 atom stereocenters. The Morgan fingerprint density at radius 2 is 2.35 bits per heavy atom. The van der Waals surface area contributed by atoms with E-state index in [1.54, 1.807) is 12.3 Å². The van der Waals surface area contributed by atoms with Crippen molar-refractivity contribution in [1.29, 1.82) is 0 Å². The van der Waals surface area contributed by atoms with Crippen molar-refractivity contribution in [2.45, 2.75) is 32.4 Å². The lowest BCUT2D eigenvalue weighted by Gasteiger charge is -2.39.